The fourth-order valence-electron chi connectivity index (χ4n) is 4.97. The molecular weight excluding hydrogens is 522 g/mol. The molecule has 1 aliphatic heterocycles. The highest BCUT2D eigenvalue weighted by Gasteiger charge is 2.53. The average Bonchev–Trinajstić information content (AvgIpc) is 3.82. The van der Waals surface area contributed by atoms with Gasteiger partial charge in [0.2, 0.25) is 0 Å². The first kappa shape index (κ1) is 28.6. The molecule has 210 valence electrons. The Bertz CT molecular complexity index is 1280. The van der Waals surface area contributed by atoms with E-state index < -0.39 is 20.5 Å². The van der Waals surface area contributed by atoms with Crippen LogP contribution in [0.25, 0.3) is 5.57 Å². The van der Waals surface area contributed by atoms with Gasteiger partial charge in [0.05, 0.1) is 24.8 Å². The summed E-state index contributed by atoms with van der Waals surface area (Å²) in [7, 11) is -2.46. The molecule has 0 bridgehead atoms. The molecular formula is C28H35N3O7S. The zero-order valence-electron chi connectivity index (χ0n) is 22.0. The Labute approximate surface area is 228 Å². The summed E-state index contributed by atoms with van der Waals surface area (Å²) in [5.74, 6) is 0.359. The van der Waals surface area contributed by atoms with Crippen molar-refractivity contribution in [1.82, 2.24) is 10.4 Å². The number of carbonyl (C=O) groups excluding carboxylic acids is 1. The van der Waals surface area contributed by atoms with E-state index in [1.54, 1.807) is 24.7 Å². The number of piperidine rings is 1. The Kier molecular flexibility index (Phi) is 9.26. The lowest BCUT2D eigenvalue weighted by atomic mass is 9.94. The summed E-state index contributed by atoms with van der Waals surface area (Å²) < 4.78 is 36.5. The predicted molar refractivity (Wildman–Crippen MR) is 146 cm³/mol. The van der Waals surface area contributed by atoms with Crippen LogP contribution in [0.5, 0.6) is 11.5 Å². The van der Waals surface area contributed by atoms with E-state index in [1.165, 1.54) is 18.3 Å². The van der Waals surface area contributed by atoms with Crippen LogP contribution in [-0.2, 0) is 14.6 Å². The van der Waals surface area contributed by atoms with E-state index in [0.717, 1.165) is 29.7 Å². The smallest absolute Gasteiger partial charge is 0.265 e. The summed E-state index contributed by atoms with van der Waals surface area (Å²) >= 11 is 0. The van der Waals surface area contributed by atoms with Crippen molar-refractivity contribution >= 4 is 27.5 Å². The molecule has 2 aromatic rings. The van der Waals surface area contributed by atoms with Crippen LogP contribution in [0.3, 0.4) is 0 Å². The van der Waals surface area contributed by atoms with Crippen LogP contribution in [-0.4, -0.2) is 73.4 Å². The number of ether oxygens (including phenoxy) is 2. The molecule has 2 aliphatic rings. The van der Waals surface area contributed by atoms with E-state index in [-0.39, 0.29) is 17.7 Å². The molecule has 1 heterocycles. The third-order valence-corrected chi connectivity index (χ3v) is 9.95. The Morgan fingerprint density at radius 1 is 1.10 bits per heavy atom. The number of sulfone groups is 1. The number of likely N-dealkylation sites (tertiary alicyclic amines) is 1. The lowest BCUT2D eigenvalue weighted by Crippen LogP contribution is -2.58. The molecule has 1 saturated carbocycles. The molecule has 3 N–H and O–H groups in total. The van der Waals surface area contributed by atoms with Crippen LogP contribution < -0.4 is 15.0 Å². The molecule has 1 aliphatic carbocycles. The third-order valence-electron chi connectivity index (χ3n) is 7.43. The highest BCUT2D eigenvalue weighted by Crippen LogP contribution is 2.39. The number of hydrogen-bond acceptors (Lipinski definition) is 9. The number of nitrogens with one attached hydrogen (secondary N) is 1. The summed E-state index contributed by atoms with van der Waals surface area (Å²) in [5.41, 5.74) is 3.25. The molecule has 1 amide bonds. The third kappa shape index (κ3) is 6.43. The van der Waals surface area contributed by atoms with Crippen molar-refractivity contribution in [2.24, 2.45) is 5.16 Å². The minimum absolute atomic E-state index is 0.0219. The van der Waals surface area contributed by atoms with Gasteiger partial charge in [-0.1, -0.05) is 23.4 Å². The first-order valence-corrected chi connectivity index (χ1v) is 14.5. The van der Waals surface area contributed by atoms with Crippen molar-refractivity contribution in [2.75, 3.05) is 26.8 Å². The number of rotatable bonds is 12. The number of benzene rings is 2. The molecule has 0 atom stereocenters. The van der Waals surface area contributed by atoms with Gasteiger partial charge in [-0.05, 0) is 86.1 Å². The monoisotopic (exact) mass is 557 g/mol. The number of nitrogens with zero attached hydrogens (tertiary/aromatic N) is 2. The van der Waals surface area contributed by atoms with Crippen LogP contribution in [0.4, 0.5) is 0 Å². The van der Waals surface area contributed by atoms with Crippen LogP contribution >= 0.6 is 0 Å². The quantitative estimate of drug-likeness (QED) is 0.118. The highest BCUT2D eigenvalue weighted by molar-refractivity contribution is 7.93. The highest BCUT2D eigenvalue weighted by atomic mass is 32.2. The van der Waals surface area contributed by atoms with Gasteiger partial charge >= 0.3 is 0 Å². The van der Waals surface area contributed by atoms with Gasteiger partial charge in [-0.3, -0.25) is 10.0 Å². The van der Waals surface area contributed by atoms with Gasteiger partial charge in [-0.2, -0.15) is 0 Å². The second kappa shape index (κ2) is 12.6. The van der Waals surface area contributed by atoms with Crippen molar-refractivity contribution in [3.8, 4) is 11.5 Å². The van der Waals surface area contributed by atoms with Crippen LogP contribution in [0.1, 0.15) is 44.1 Å². The molecule has 2 aromatic carbocycles. The molecule has 0 unspecified atom stereocenters. The number of allylic oxidation sites excluding steroid dienone is 2. The van der Waals surface area contributed by atoms with E-state index in [1.807, 2.05) is 30.3 Å². The van der Waals surface area contributed by atoms with E-state index in [4.69, 9.17) is 14.7 Å². The lowest BCUT2D eigenvalue weighted by Gasteiger charge is -2.39. The number of methoxy groups -OCH3 is 1. The number of hydroxylamine groups is 1. The second-order valence-corrected chi connectivity index (χ2v) is 12.1. The maximum Gasteiger partial charge on any atom is 0.265 e. The van der Waals surface area contributed by atoms with Crippen molar-refractivity contribution in [2.45, 2.75) is 54.2 Å². The molecule has 4 rings (SSSR count). The Morgan fingerprint density at radius 3 is 2.31 bits per heavy atom. The number of hydrogen-bond donors (Lipinski definition) is 3. The first-order chi connectivity index (χ1) is 18.8. The summed E-state index contributed by atoms with van der Waals surface area (Å²) in [4.78, 5) is 14.9. The SMILES string of the molecule is COc1ccc(/C(C=NO)=C/CCCOc2ccc(S(=O)(=O)C3(C(=O)NO)CCN(C4CC4)CC3)cc2)cc1. The van der Waals surface area contributed by atoms with Crippen molar-refractivity contribution < 1.29 is 33.1 Å². The normalized spacial score (nSPS) is 18.2. The number of unbranched alkanes of at least 4 members (excludes halogenated alkanes) is 1. The predicted octanol–water partition coefficient (Wildman–Crippen LogP) is 3.67. The number of amides is 1. The van der Waals surface area contributed by atoms with Crippen LogP contribution in [0.2, 0.25) is 0 Å². The van der Waals surface area contributed by atoms with Gasteiger partial charge in [-0.25, -0.2) is 13.9 Å². The van der Waals surface area contributed by atoms with E-state index in [2.05, 4.69) is 10.1 Å². The molecule has 39 heavy (non-hydrogen) atoms. The molecule has 1 saturated heterocycles. The molecule has 10 nitrogen and oxygen atoms in total. The molecule has 0 aromatic heterocycles. The molecule has 2 fully saturated rings. The van der Waals surface area contributed by atoms with E-state index in [9.17, 15) is 18.4 Å². The molecule has 0 radical (unpaired) electrons. The van der Waals surface area contributed by atoms with Gasteiger partial charge in [0.1, 0.15) is 11.5 Å². The Morgan fingerprint density at radius 2 is 1.74 bits per heavy atom. The Balaban J connectivity index is 1.35. The fourth-order valence-corrected chi connectivity index (χ4v) is 6.93. The molecule has 0 spiro atoms. The van der Waals surface area contributed by atoms with Gasteiger partial charge in [0.15, 0.2) is 14.6 Å². The first-order valence-electron chi connectivity index (χ1n) is 13.0. The van der Waals surface area contributed by atoms with Gasteiger partial charge < -0.3 is 19.6 Å². The minimum Gasteiger partial charge on any atom is -0.497 e. The van der Waals surface area contributed by atoms with Crippen LogP contribution in [0.15, 0.2) is 64.7 Å². The van der Waals surface area contributed by atoms with E-state index in [0.29, 0.717) is 44.3 Å². The Hall–Kier alpha value is -3.41. The standard InChI is InChI=1S/C28H35N3O7S/c1-37-24-9-5-21(6-10-24)22(20-29-33)4-2-3-19-38-25-11-13-26(14-12-25)39(35,36)28(27(32)30-34)15-17-31(18-16-28)23-7-8-23/h4-6,9-14,20,23,33-34H,2-3,7-8,15-19H2,1H3,(H,30,32)/b22-4+,29-20?. The second-order valence-electron chi connectivity index (χ2n) is 9.80. The fraction of sp³-hybridized carbons (Fsp3) is 0.429. The summed E-state index contributed by atoms with van der Waals surface area (Å²) in [6, 6.07) is 13.9. The van der Waals surface area contributed by atoms with Crippen molar-refractivity contribution in [1.29, 1.82) is 0 Å². The average molecular weight is 558 g/mol. The summed E-state index contributed by atoms with van der Waals surface area (Å²) in [5, 5.41) is 21.5. The largest absolute Gasteiger partial charge is 0.497 e. The zero-order valence-corrected chi connectivity index (χ0v) is 22.8. The molecule has 11 heteroatoms. The van der Waals surface area contributed by atoms with Gasteiger partial charge in [0.25, 0.3) is 5.91 Å². The van der Waals surface area contributed by atoms with E-state index >= 15 is 0 Å². The summed E-state index contributed by atoms with van der Waals surface area (Å²) in [6.45, 7) is 1.39. The summed E-state index contributed by atoms with van der Waals surface area (Å²) in [6.07, 6.45) is 7.12. The van der Waals surface area contributed by atoms with Crippen molar-refractivity contribution in [3.05, 3.63) is 60.2 Å². The topological polar surface area (TPSA) is 138 Å². The van der Waals surface area contributed by atoms with Gasteiger partial charge in [-0.15, -0.1) is 0 Å². The van der Waals surface area contributed by atoms with Crippen molar-refractivity contribution in [3.63, 3.8) is 0 Å². The lowest BCUT2D eigenvalue weighted by molar-refractivity contribution is -0.133. The minimum atomic E-state index is -4.06. The maximum atomic E-state index is 13.6. The number of oxime groups is 1. The zero-order chi connectivity index (χ0) is 27.9. The van der Waals surface area contributed by atoms with Gasteiger partial charge in [0, 0.05) is 19.1 Å². The maximum absolute atomic E-state index is 13.6. The van der Waals surface area contributed by atoms with Crippen LogP contribution in [0, 0.1) is 0 Å². The number of carbonyl (C=O) groups is 1.